The number of benzene rings is 4. The van der Waals surface area contributed by atoms with Crippen molar-refractivity contribution in [3.63, 3.8) is 0 Å². The average molecular weight is 370 g/mol. The highest BCUT2D eigenvalue weighted by atomic mass is 16.5. The maximum absolute atomic E-state index is 9.49. The first-order valence-electron chi connectivity index (χ1n) is 8.81. The number of phenols is 2. The lowest BCUT2D eigenvalue weighted by atomic mass is 10.1. The van der Waals surface area contributed by atoms with Gasteiger partial charge in [-0.3, -0.25) is 0 Å². The number of ether oxygens (including phenoxy) is 2. The van der Waals surface area contributed by atoms with E-state index in [9.17, 15) is 10.2 Å². The second-order valence-corrected chi connectivity index (χ2v) is 6.22. The molecule has 0 aliphatic heterocycles. The topological polar surface area (TPSA) is 58.9 Å². The minimum absolute atomic E-state index is 0.172. The zero-order chi connectivity index (χ0) is 19.3. The van der Waals surface area contributed by atoms with E-state index >= 15 is 0 Å². The molecule has 4 heteroatoms. The van der Waals surface area contributed by atoms with E-state index in [1.807, 2.05) is 48.5 Å². The van der Waals surface area contributed by atoms with E-state index in [-0.39, 0.29) is 11.5 Å². The van der Waals surface area contributed by atoms with Gasteiger partial charge in [-0.05, 0) is 71.8 Å². The summed E-state index contributed by atoms with van der Waals surface area (Å²) in [7, 11) is 0. The molecule has 0 unspecified atom stereocenters. The van der Waals surface area contributed by atoms with E-state index in [2.05, 4.69) is 0 Å². The van der Waals surface area contributed by atoms with E-state index in [1.165, 1.54) is 0 Å². The average Bonchev–Trinajstić information content (AvgIpc) is 2.73. The maximum atomic E-state index is 9.49. The SMILES string of the molecule is Oc1ccc(Oc2ccc(-c3ccccc3)cc2Oc2ccc(O)cc2)cc1. The molecule has 4 rings (SSSR count). The fourth-order valence-electron chi connectivity index (χ4n) is 2.76. The molecule has 0 saturated heterocycles. The van der Waals surface area contributed by atoms with Gasteiger partial charge in [0.1, 0.15) is 23.0 Å². The third-order valence-electron chi connectivity index (χ3n) is 4.18. The molecule has 0 heterocycles. The fraction of sp³-hybridized carbons (Fsp3) is 0. The standard InChI is InChI=1S/C24H18O4/c25-19-7-11-21(12-8-19)27-23-15-6-18(17-4-2-1-3-5-17)16-24(23)28-22-13-9-20(26)10-14-22/h1-16,25-26H. The fourth-order valence-corrected chi connectivity index (χ4v) is 2.76. The molecule has 4 nitrogen and oxygen atoms in total. The van der Waals surface area contributed by atoms with Crippen LogP contribution in [0.3, 0.4) is 0 Å². The van der Waals surface area contributed by atoms with E-state index in [0.29, 0.717) is 23.0 Å². The first-order chi connectivity index (χ1) is 13.7. The Hall–Kier alpha value is -3.92. The van der Waals surface area contributed by atoms with Crippen molar-refractivity contribution in [1.29, 1.82) is 0 Å². The van der Waals surface area contributed by atoms with E-state index in [0.717, 1.165) is 11.1 Å². The van der Waals surface area contributed by atoms with Crippen LogP contribution in [0.5, 0.6) is 34.5 Å². The van der Waals surface area contributed by atoms with Gasteiger partial charge in [-0.2, -0.15) is 0 Å². The second kappa shape index (κ2) is 7.76. The molecule has 0 saturated carbocycles. The molecule has 0 aliphatic rings. The van der Waals surface area contributed by atoms with E-state index in [1.54, 1.807) is 48.5 Å². The molecule has 4 aromatic carbocycles. The van der Waals surface area contributed by atoms with Crippen LogP contribution in [0, 0.1) is 0 Å². The Morgan fingerprint density at radius 1 is 0.464 bits per heavy atom. The van der Waals surface area contributed by atoms with Crippen molar-refractivity contribution in [2.75, 3.05) is 0 Å². The highest BCUT2D eigenvalue weighted by Gasteiger charge is 2.11. The zero-order valence-electron chi connectivity index (χ0n) is 14.9. The smallest absolute Gasteiger partial charge is 0.170 e. The van der Waals surface area contributed by atoms with Crippen molar-refractivity contribution in [2.45, 2.75) is 0 Å². The molecule has 0 spiro atoms. The van der Waals surface area contributed by atoms with Gasteiger partial charge in [0.25, 0.3) is 0 Å². The normalized spacial score (nSPS) is 10.4. The van der Waals surface area contributed by atoms with Gasteiger partial charge in [-0.15, -0.1) is 0 Å². The van der Waals surface area contributed by atoms with Crippen LogP contribution in [0.4, 0.5) is 0 Å². The lowest BCUT2D eigenvalue weighted by molar-refractivity contribution is 0.416. The monoisotopic (exact) mass is 370 g/mol. The zero-order valence-corrected chi connectivity index (χ0v) is 14.9. The van der Waals surface area contributed by atoms with Gasteiger partial charge in [-0.1, -0.05) is 36.4 Å². The van der Waals surface area contributed by atoms with Crippen LogP contribution in [0.2, 0.25) is 0 Å². The molecule has 0 bridgehead atoms. The van der Waals surface area contributed by atoms with Crippen molar-refractivity contribution in [1.82, 2.24) is 0 Å². The third kappa shape index (κ3) is 4.07. The molecule has 2 N–H and O–H groups in total. The van der Waals surface area contributed by atoms with Crippen molar-refractivity contribution >= 4 is 0 Å². The molecule has 28 heavy (non-hydrogen) atoms. The summed E-state index contributed by atoms with van der Waals surface area (Å²) in [6.45, 7) is 0. The number of rotatable bonds is 5. The Morgan fingerprint density at radius 2 is 1.00 bits per heavy atom. The third-order valence-corrected chi connectivity index (χ3v) is 4.18. The second-order valence-electron chi connectivity index (χ2n) is 6.22. The van der Waals surface area contributed by atoms with Crippen molar-refractivity contribution < 1.29 is 19.7 Å². The van der Waals surface area contributed by atoms with E-state index in [4.69, 9.17) is 9.47 Å². The van der Waals surface area contributed by atoms with Crippen LogP contribution in [0.25, 0.3) is 11.1 Å². The molecule has 0 amide bonds. The van der Waals surface area contributed by atoms with Gasteiger partial charge >= 0.3 is 0 Å². The van der Waals surface area contributed by atoms with Crippen LogP contribution < -0.4 is 9.47 Å². The Kier molecular flexibility index (Phi) is 4.85. The molecule has 0 aliphatic carbocycles. The highest BCUT2D eigenvalue weighted by Crippen LogP contribution is 2.38. The summed E-state index contributed by atoms with van der Waals surface area (Å²) in [6.07, 6.45) is 0. The largest absolute Gasteiger partial charge is 0.508 e. The van der Waals surface area contributed by atoms with Gasteiger partial charge in [0.05, 0.1) is 0 Å². The maximum Gasteiger partial charge on any atom is 0.170 e. The molecular formula is C24H18O4. The summed E-state index contributed by atoms with van der Waals surface area (Å²) >= 11 is 0. The van der Waals surface area contributed by atoms with Gasteiger partial charge in [0, 0.05) is 0 Å². The summed E-state index contributed by atoms with van der Waals surface area (Å²) in [5, 5.41) is 18.9. The summed E-state index contributed by atoms with van der Waals surface area (Å²) in [6, 6.07) is 28.7. The summed E-state index contributed by atoms with van der Waals surface area (Å²) in [4.78, 5) is 0. The van der Waals surface area contributed by atoms with Gasteiger partial charge in [0.15, 0.2) is 11.5 Å². The first kappa shape index (κ1) is 17.5. The number of hydrogen-bond acceptors (Lipinski definition) is 4. The molecule has 0 fully saturated rings. The Bertz CT molecular complexity index is 1060. The predicted octanol–water partition coefficient (Wildman–Crippen LogP) is 6.35. The van der Waals surface area contributed by atoms with Crippen molar-refractivity contribution in [3.05, 3.63) is 97.1 Å². The van der Waals surface area contributed by atoms with Crippen LogP contribution in [0.1, 0.15) is 0 Å². The summed E-state index contributed by atoms with van der Waals surface area (Å²) in [5.74, 6) is 2.59. The molecule has 4 aromatic rings. The molecule has 0 atom stereocenters. The summed E-state index contributed by atoms with van der Waals surface area (Å²) < 4.78 is 12.0. The van der Waals surface area contributed by atoms with Crippen LogP contribution >= 0.6 is 0 Å². The van der Waals surface area contributed by atoms with Gasteiger partial charge in [0.2, 0.25) is 0 Å². The quantitative estimate of drug-likeness (QED) is 0.430. The molecule has 0 radical (unpaired) electrons. The van der Waals surface area contributed by atoms with E-state index < -0.39 is 0 Å². The number of aromatic hydroxyl groups is 2. The van der Waals surface area contributed by atoms with Crippen LogP contribution in [-0.2, 0) is 0 Å². The highest BCUT2D eigenvalue weighted by molar-refractivity contribution is 5.67. The number of hydrogen-bond donors (Lipinski definition) is 2. The Balaban J connectivity index is 1.71. The van der Waals surface area contributed by atoms with Crippen molar-refractivity contribution in [2.24, 2.45) is 0 Å². The van der Waals surface area contributed by atoms with Crippen LogP contribution in [0.15, 0.2) is 97.1 Å². The van der Waals surface area contributed by atoms with Crippen LogP contribution in [-0.4, -0.2) is 10.2 Å². The lowest BCUT2D eigenvalue weighted by Gasteiger charge is -2.14. The summed E-state index contributed by atoms with van der Waals surface area (Å²) in [5.41, 5.74) is 2.06. The van der Waals surface area contributed by atoms with Gasteiger partial charge < -0.3 is 19.7 Å². The van der Waals surface area contributed by atoms with Gasteiger partial charge in [-0.25, -0.2) is 0 Å². The first-order valence-corrected chi connectivity index (χ1v) is 8.81. The predicted molar refractivity (Wildman–Crippen MR) is 108 cm³/mol. The molecule has 138 valence electrons. The number of phenolic OH excluding ortho intramolecular Hbond substituents is 2. The molecular weight excluding hydrogens is 352 g/mol. The minimum atomic E-state index is 0.172. The Morgan fingerprint density at radius 3 is 1.57 bits per heavy atom. The lowest BCUT2D eigenvalue weighted by Crippen LogP contribution is -1.91. The minimum Gasteiger partial charge on any atom is -0.508 e. The Labute approximate surface area is 162 Å². The molecule has 0 aromatic heterocycles. The van der Waals surface area contributed by atoms with Crippen molar-refractivity contribution in [3.8, 4) is 45.6 Å².